The summed E-state index contributed by atoms with van der Waals surface area (Å²) in [6.07, 6.45) is 1.35. The van der Waals surface area contributed by atoms with E-state index in [1.807, 2.05) is 25.1 Å². The lowest BCUT2D eigenvalue weighted by molar-refractivity contribution is -0.222. The van der Waals surface area contributed by atoms with E-state index in [0.29, 0.717) is 33.8 Å². The lowest BCUT2D eigenvalue weighted by Crippen LogP contribution is -2.41. The van der Waals surface area contributed by atoms with E-state index in [4.69, 9.17) is 18.9 Å². The van der Waals surface area contributed by atoms with E-state index in [1.54, 1.807) is 25.1 Å². The van der Waals surface area contributed by atoms with E-state index in [2.05, 4.69) is 21.2 Å². The van der Waals surface area contributed by atoms with Crippen LogP contribution >= 0.6 is 15.9 Å². The van der Waals surface area contributed by atoms with Gasteiger partial charge in [0.15, 0.2) is 18.1 Å². The summed E-state index contributed by atoms with van der Waals surface area (Å²) in [7, 11) is 0. The zero-order chi connectivity index (χ0) is 24.2. The number of para-hydroxylation sites is 1. The molecular weight excluding hydrogens is 494 g/mol. The first kappa shape index (κ1) is 24.3. The summed E-state index contributed by atoms with van der Waals surface area (Å²) < 4.78 is 22.1. The van der Waals surface area contributed by atoms with Crippen molar-refractivity contribution in [3.05, 3.63) is 57.6 Å². The largest absolute Gasteiger partial charge is 0.490 e. The smallest absolute Gasteiger partial charge is 0.348 e. The standard InChI is InChI=1S/C24H24BrNO7/c1-5-30-19-11-15(10-16-22(28)32-24(3,4)33-23(16)29)17(25)12-20(19)31-13-21(27)26-18-9-7-6-8-14(18)2/h6-12H,5,13H2,1-4H3,(H,26,27). The molecule has 2 aromatic carbocycles. The highest BCUT2D eigenvalue weighted by molar-refractivity contribution is 9.10. The van der Waals surface area contributed by atoms with E-state index in [9.17, 15) is 14.4 Å². The van der Waals surface area contributed by atoms with Crippen molar-refractivity contribution in [2.24, 2.45) is 0 Å². The van der Waals surface area contributed by atoms with Crippen LogP contribution in [-0.4, -0.2) is 36.8 Å². The predicted octanol–water partition coefficient (Wildman–Crippen LogP) is 4.39. The molecule has 2 aromatic rings. The van der Waals surface area contributed by atoms with Crippen LogP contribution < -0.4 is 14.8 Å². The third-order valence-electron chi connectivity index (χ3n) is 4.56. The molecule has 0 bridgehead atoms. The fourth-order valence-electron chi connectivity index (χ4n) is 3.02. The first-order valence-corrected chi connectivity index (χ1v) is 11.0. The number of benzene rings is 2. The molecule has 0 aromatic heterocycles. The van der Waals surface area contributed by atoms with E-state index in [-0.39, 0.29) is 18.1 Å². The minimum atomic E-state index is -1.32. The quantitative estimate of drug-likeness (QED) is 0.330. The minimum absolute atomic E-state index is 0.241. The molecule has 1 N–H and O–H groups in total. The van der Waals surface area contributed by atoms with Gasteiger partial charge in [-0.25, -0.2) is 9.59 Å². The normalized spacial score (nSPS) is 14.8. The van der Waals surface area contributed by atoms with E-state index in [0.717, 1.165) is 5.56 Å². The van der Waals surface area contributed by atoms with Gasteiger partial charge in [0.1, 0.15) is 5.57 Å². The molecule has 9 heteroatoms. The minimum Gasteiger partial charge on any atom is -0.490 e. The van der Waals surface area contributed by atoms with Gasteiger partial charge in [0.05, 0.1) is 6.61 Å². The molecule has 174 valence electrons. The zero-order valence-electron chi connectivity index (χ0n) is 18.7. The molecule has 0 saturated carbocycles. The van der Waals surface area contributed by atoms with Gasteiger partial charge in [0, 0.05) is 24.0 Å². The second-order valence-corrected chi connectivity index (χ2v) is 8.50. The third kappa shape index (κ3) is 6.13. The first-order chi connectivity index (χ1) is 15.6. The van der Waals surface area contributed by atoms with Crippen LogP contribution in [0.4, 0.5) is 5.69 Å². The summed E-state index contributed by atoms with van der Waals surface area (Å²) in [4.78, 5) is 36.9. The Kier molecular flexibility index (Phi) is 7.43. The lowest BCUT2D eigenvalue weighted by Gasteiger charge is -2.29. The Hall–Kier alpha value is -3.33. The van der Waals surface area contributed by atoms with E-state index in [1.165, 1.54) is 19.9 Å². The molecule has 0 aliphatic carbocycles. The van der Waals surface area contributed by atoms with Crippen molar-refractivity contribution in [2.45, 2.75) is 33.5 Å². The van der Waals surface area contributed by atoms with Gasteiger partial charge in [0.2, 0.25) is 0 Å². The van der Waals surface area contributed by atoms with Gasteiger partial charge in [-0.3, -0.25) is 4.79 Å². The number of esters is 2. The fraction of sp³-hybridized carbons (Fsp3) is 0.292. The number of ether oxygens (including phenoxy) is 4. The van der Waals surface area contributed by atoms with Crippen LogP contribution in [0, 0.1) is 6.92 Å². The molecule has 8 nitrogen and oxygen atoms in total. The van der Waals surface area contributed by atoms with Crippen LogP contribution in [0.2, 0.25) is 0 Å². The van der Waals surface area contributed by atoms with Gasteiger partial charge in [-0.1, -0.05) is 34.1 Å². The number of rotatable bonds is 7. The number of aryl methyl sites for hydroxylation is 1. The maximum absolute atomic E-state index is 12.3. The highest BCUT2D eigenvalue weighted by Crippen LogP contribution is 2.36. The highest BCUT2D eigenvalue weighted by Gasteiger charge is 2.39. The number of hydrogen-bond donors (Lipinski definition) is 1. The molecule has 0 unspecified atom stereocenters. The molecule has 1 amide bonds. The van der Waals surface area contributed by atoms with Crippen LogP contribution in [0.5, 0.6) is 11.5 Å². The Labute approximate surface area is 200 Å². The van der Waals surface area contributed by atoms with Crippen LogP contribution in [0.1, 0.15) is 31.9 Å². The second-order valence-electron chi connectivity index (χ2n) is 7.64. The number of hydrogen-bond acceptors (Lipinski definition) is 7. The molecular formula is C24H24BrNO7. The molecule has 3 rings (SSSR count). The van der Waals surface area contributed by atoms with E-state index < -0.39 is 17.7 Å². The van der Waals surface area contributed by atoms with Crippen molar-refractivity contribution in [2.75, 3.05) is 18.5 Å². The molecule has 0 spiro atoms. The van der Waals surface area contributed by atoms with Crippen LogP contribution in [-0.2, 0) is 23.9 Å². The van der Waals surface area contributed by atoms with Crippen molar-refractivity contribution in [3.63, 3.8) is 0 Å². The number of cyclic esters (lactones) is 2. The second kappa shape index (κ2) is 10.1. The highest BCUT2D eigenvalue weighted by atomic mass is 79.9. The molecule has 1 saturated heterocycles. The molecule has 1 aliphatic rings. The summed E-state index contributed by atoms with van der Waals surface area (Å²) in [6.45, 7) is 6.74. The number of anilines is 1. The van der Waals surface area contributed by atoms with Crippen molar-refractivity contribution >= 4 is 45.5 Å². The monoisotopic (exact) mass is 517 g/mol. The predicted molar refractivity (Wildman–Crippen MR) is 125 cm³/mol. The Balaban J connectivity index is 1.80. The Bertz CT molecular complexity index is 1100. The molecule has 0 atom stereocenters. The van der Waals surface area contributed by atoms with E-state index >= 15 is 0 Å². The van der Waals surface area contributed by atoms with Crippen molar-refractivity contribution < 1.29 is 33.3 Å². The Morgan fingerprint density at radius 2 is 1.73 bits per heavy atom. The van der Waals surface area contributed by atoms with Gasteiger partial charge in [-0.2, -0.15) is 0 Å². The van der Waals surface area contributed by atoms with Crippen molar-refractivity contribution in [1.82, 2.24) is 0 Å². The average molecular weight is 518 g/mol. The summed E-state index contributed by atoms with van der Waals surface area (Å²) in [5.41, 5.74) is 1.86. The summed E-state index contributed by atoms with van der Waals surface area (Å²) in [5.74, 6) is -2.56. The maximum Gasteiger partial charge on any atom is 0.348 e. The number of carbonyl (C=O) groups excluding carboxylic acids is 3. The van der Waals surface area contributed by atoms with Crippen LogP contribution in [0.3, 0.4) is 0 Å². The molecule has 1 fully saturated rings. The van der Waals surface area contributed by atoms with Gasteiger partial charge in [-0.15, -0.1) is 0 Å². The first-order valence-electron chi connectivity index (χ1n) is 10.2. The maximum atomic E-state index is 12.3. The van der Waals surface area contributed by atoms with Crippen molar-refractivity contribution in [3.8, 4) is 11.5 Å². The summed E-state index contributed by atoms with van der Waals surface area (Å²) in [6, 6.07) is 10.6. The molecule has 1 aliphatic heterocycles. The number of halogens is 1. The zero-order valence-corrected chi connectivity index (χ0v) is 20.3. The Morgan fingerprint density at radius 3 is 2.36 bits per heavy atom. The SMILES string of the molecule is CCOc1cc(C=C2C(=O)OC(C)(C)OC2=O)c(Br)cc1OCC(=O)Nc1ccccc1C. The number of carbonyl (C=O) groups is 3. The summed E-state index contributed by atoms with van der Waals surface area (Å²) in [5, 5.41) is 2.80. The summed E-state index contributed by atoms with van der Waals surface area (Å²) >= 11 is 3.41. The molecule has 1 heterocycles. The molecule has 0 radical (unpaired) electrons. The topological polar surface area (TPSA) is 100 Å². The third-order valence-corrected chi connectivity index (χ3v) is 5.24. The lowest BCUT2D eigenvalue weighted by atomic mass is 10.1. The number of nitrogens with one attached hydrogen (secondary N) is 1. The van der Waals surface area contributed by atoms with Gasteiger partial charge >= 0.3 is 11.9 Å². The van der Waals surface area contributed by atoms with Gasteiger partial charge in [-0.05, 0) is 49.2 Å². The number of amides is 1. The van der Waals surface area contributed by atoms with Gasteiger partial charge in [0.25, 0.3) is 11.7 Å². The van der Waals surface area contributed by atoms with Crippen LogP contribution in [0.15, 0.2) is 46.4 Å². The molecule has 33 heavy (non-hydrogen) atoms. The fourth-order valence-corrected chi connectivity index (χ4v) is 3.46. The van der Waals surface area contributed by atoms with Crippen molar-refractivity contribution in [1.29, 1.82) is 0 Å². The average Bonchev–Trinajstić information content (AvgIpc) is 2.72. The Morgan fingerprint density at radius 1 is 1.09 bits per heavy atom. The van der Waals surface area contributed by atoms with Crippen LogP contribution in [0.25, 0.3) is 6.08 Å². The van der Waals surface area contributed by atoms with Gasteiger partial charge < -0.3 is 24.3 Å².